The summed E-state index contributed by atoms with van der Waals surface area (Å²) in [5, 5.41) is 14.1. The number of benzene rings is 2. The van der Waals surface area contributed by atoms with Crippen LogP contribution in [0.2, 0.25) is 0 Å². The van der Waals surface area contributed by atoms with Gasteiger partial charge < -0.3 is 10.1 Å². The Morgan fingerprint density at radius 2 is 1.92 bits per heavy atom. The minimum absolute atomic E-state index is 0.116. The molecule has 134 valence electrons. The number of halogens is 3. The highest BCUT2D eigenvalue weighted by Crippen LogP contribution is 2.35. The maximum atomic E-state index is 13.0. The van der Waals surface area contributed by atoms with Crippen LogP contribution >= 0.6 is 0 Å². The van der Waals surface area contributed by atoms with Crippen LogP contribution in [0.5, 0.6) is 5.75 Å². The molecule has 1 N–H and O–H groups in total. The van der Waals surface area contributed by atoms with E-state index in [1.807, 2.05) is 0 Å². The molecule has 0 unspecified atom stereocenters. The molecule has 0 saturated carbocycles. The summed E-state index contributed by atoms with van der Waals surface area (Å²) in [6, 6.07) is 7.21. The molecule has 1 aromatic heterocycles. The molecule has 0 aliphatic carbocycles. The lowest BCUT2D eigenvalue weighted by Gasteiger charge is -2.12. The van der Waals surface area contributed by atoms with Gasteiger partial charge in [-0.2, -0.15) is 13.2 Å². The predicted octanol–water partition coefficient (Wildman–Crippen LogP) is 4.31. The molecule has 0 saturated heterocycles. The van der Waals surface area contributed by atoms with Crippen LogP contribution in [0, 0.1) is 10.1 Å². The second kappa shape index (κ2) is 6.47. The summed E-state index contributed by atoms with van der Waals surface area (Å²) < 4.78 is 44.1. The van der Waals surface area contributed by atoms with Gasteiger partial charge >= 0.3 is 6.18 Å². The van der Waals surface area contributed by atoms with Crippen molar-refractivity contribution < 1.29 is 22.8 Å². The van der Waals surface area contributed by atoms with Gasteiger partial charge in [-0.05, 0) is 24.3 Å². The van der Waals surface area contributed by atoms with Crippen molar-refractivity contribution in [1.29, 1.82) is 0 Å². The second-order valence-corrected chi connectivity index (χ2v) is 5.25. The first-order valence-corrected chi connectivity index (χ1v) is 7.20. The quantitative estimate of drug-likeness (QED) is 0.548. The fourth-order valence-electron chi connectivity index (χ4n) is 2.35. The zero-order valence-electron chi connectivity index (χ0n) is 13.2. The Labute approximate surface area is 144 Å². The fourth-order valence-corrected chi connectivity index (χ4v) is 2.35. The summed E-state index contributed by atoms with van der Waals surface area (Å²) in [7, 11) is 1.47. The van der Waals surface area contributed by atoms with E-state index in [0.717, 1.165) is 12.1 Å². The summed E-state index contributed by atoms with van der Waals surface area (Å²) in [5.41, 5.74) is -1.40. The molecule has 0 aliphatic rings. The van der Waals surface area contributed by atoms with Crippen molar-refractivity contribution in [2.75, 3.05) is 12.4 Å². The molecule has 0 aliphatic heterocycles. The van der Waals surface area contributed by atoms with E-state index in [4.69, 9.17) is 4.74 Å². The van der Waals surface area contributed by atoms with Crippen LogP contribution < -0.4 is 10.1 Å². The molecule has 0 spiro atoms. The van der Waals surface area contributed by atoms with Gasteiger partial charge in [0.15, 0.2) is 0 Å². The highest BCUT2D eigenvalue weighted by Gasteiger charge is 2.33. The van der Waals surface area contributed by atoms with Crippen LogP contribution in [-0.4, -0.2) is 22.0 Å². The van der Waals surface area contributed by atoms with Gasteiger partial charge in [0, 0.05) is 23.2 Å². The van der Waals surface area contributed by atoms with Gasteiger partial charge in [-0.25, -0.2) is 9.97 Å². The van der Waals surface area contributed by atoms with Gasteiger partial charge in [0.25, 0.3) is 5.69 Å². The molecule has 0 fully saturated rings. The molecule has 0 radical (unpaired) electrons. The number of nitro groups is 1. The lowest BCUT2D eigenvalue weighted by molar-refractivity contribution is -0.385. The number of fused-ring (bicyclic) bond motifs is 1. The van der Waals surface area contributed by atoms with E-state index in [9.17, 15) is 23.3 Å². The minimum atomic E-state index is -4.72. The Morgan fingerprint density at radius 1 is 1.15 bits per heavy atom. The van der Waals surface area contributed by atoms with Crippen molar-refractivity contribution in [3.05, 3.63) is 58.4 Å². The molecule has 3 aromatic rings. The molecular formula is C16H11F3N4O3. The smallest absolute Gasteiger partial charge is 0.416 e. The van der Waals surface area contributed by atoms with Crippen LogP contribution in [0.1, 0.15) is 5.56 Å². The normalized spacial score (nSPS) is 11.4. The zero-order valence-corrected chi connectivity index (χ0v) is 13.2. The molecule has 0 amide bonds. The molecule has 0 atom stereocenters. The Balaban J connectivity index is 2.10. The van der Waals surface area contributed by atoms with E-state index in [0.29, 0.717) is 22.7 Å². The molecule has 0 bridgehead atoms. The average Bonchev–Trinajstić information content (AvgIpc) is 2.60. The van der Waals surface area contributed by atoms with E-state index in [2.05, 4.69) is 15.3 Å². The molecule has 1 heterocycles. The number of methoxy groups -OCH3 is 1. The summed E-state index contributed by atoms with van der Waals surface area (Å²) in [6.45, 7) is 0. The van der Waals surface area contributed by atoms with Crippen LogP contribution in [0.4, 0.5) is 30.4 Å². The number of nitrogens with zero attached hydrogens (tertiary/aromatic N) is 3. The van der Waals surface area contributed by atoms with Crippen molar-refractivity contribution in [1.82, 2.24) is 9.97 Å². The first kappa shape index (κ1) is 17.4. The number of alkyl halides is 3. The first-order chi connectivity index (χ1) is 12.3. The molecule has 26 heavy (non-hydrogen) atoms. The van der Waals surface area contributed by atoms with Crippen molar-refractivity contribution >= 4 is 28.1 Å². The maximum absolute atomic E-state index is 13.0. The van der Waals surface area contributed by atoms with Gasteiger partial charge in [0.05, 0.1) is 23.1 Å². The number of hydrogen-bond donors (Lipinski definition) is 1. The third kappa shape index (κ3) is 3.48. The number of rotatable bonds is 4. The van der Waals surface area contributed by atoms with Gasteiger partial charge in [0.1, 0.15) is 17.9 Å². The monoisotopic (exact) mass is 364 g/mol. The summed E-state index contributed by atoms with van der Waals surface area (Å²) >= 11 is 0. The number of nitrogens with one attached hydrogen (secondary N) is 1. The Kier molecular flexibility index (Phi) is 4.33. The third-order valence-corrected chi connectivity index (χ3v) is 3.56. The minimum Gasteiger partial charge on any atom is -0.497 e. The molecule has 3 rings (SSSR count). The number of non-ortho nitro benzene ring substituents is 1. The van der Waals surface area contributed by atoms with Crippen LogP contribution in [-0.2, 0) is 6.18 Å². The third-order valence-electron chi connectivity index (χ3n) is 3.56. The SMILES string of the molecule is COc1ccc2ncnc(Nc3cc([N+](=O)[O-])cc(C(F)(F)F)c3)c2c1. The van der Waals surface area contributed by atoms with Gasteiger partial charge in [-0.3, -0.25) is 10.1 Å². The number of hydrogen-bond acceptors (Lipinski definition) is 6. The number of aromatic nitrogens is 2. The molecule has 7 nitrogen and oxygen atoms in total. The van der Waals surface area contributed by atoms with E-state index in [1.54, 1.807) is 18.2 Å². The largest absolute Gasteiger partial charge is 0.497 e. The summed E-state index contributed by atoms with van der Waals surface area (Å²) in [6.07, 6.45) is -3.49. The standard InChI is InChI=1S/C16H11F3N4O3/c1-26-12-2-3-14-13(7-12)15(21-8-20-14)22-10-4-9(16(17,18)19)5-11(6-10)23(24)25/h2-8H,1H3,(H,20,21,22). The van der Waals surface area contributed by atoms with Crippen molar-refractivity contribution in [2.45, 2.75) is 6.18 Å². The Morgan fingerprint density at radius 3 is 2.58 bits per heavy atom. The Hall–Kier alpha value is -3.43. The summed E-state index contributed by atoms with van der Waals surface area (Å²) in [4.78, 5) is 18.1. The molecular weight excluding hydrogens is 353 g/mol. The highest BCUT2D eigenvalue weighted by atomic mass is 19.4. The first-order valence-electron chi connectivity index (χ1n) is 7.20. The van der Waals surface area contributed by atoms with Crippen molar-refractivity contribution in [3.63, 3.8) is 0 Å². The second-order valence-electron chi connectivity index (χ2n) is 5.25. The topological polar surface area (TPSA) is 90.2 Å². The van der Waals surface area contributed by atoms with Crippen LogP contribution in [0.25, 0.3) is 10.9 Å². The Bertz CT molecular complexity index is 992. The highest BCUT2D eigenvalue weighted by molar-refractivity contribution is 5.91. The summed E-state index contributed by atoms with van der Waals surface area (Å²) in [5.74, 6) is 0.702. The predicted molar refractivity (Wildman–Crippen MR) is 87.5 cm³/mol. The van der Waals surface area contributed by atoms with Gasteiger partial charge in [0.2, 0.25) is 0 Å². The average molecular weight is 364 g/mol. The molecule has 2 aromatic carbocycles. The van der Waals surface area contributed by atoms with Crippen molar-refractivity contribution in [3.8, 4) is 5.75 Å². The zero-order chi connectivity index (χ0) is 18.9. The lowest BCUT2D eigenvalue weighted by Crippen LogP contribution is -2.07. The van der Waals surface area contributed by atoms with Gasteiger partial charge in [-0.1, -0.05) is 0 Å². The van der Waals surface area contributed by atoms with E-state index >= 15 is 0 Å². The molecule has 10 heteroatoms. The van der Waals surface area contributed by atoms with E-state index in [1.165, 1.54) is 13.4 Å². The lowest BCUT2D eigenvalue weighted by atomic mass is 10.1. The number of nitro benzene ring substituents is 1. The van der Waals surface area contributed by atoms with Crippen molar-refractivity contribution in [2.24, 2.45) is 0 Å². The van der Waals surface area contributed by atoms with E-state index in [-0.39, 0.29) is 11.5 Å². The van der Waals surface area contributed by atoms with Gasteiger partial charge in [-0.15, -0.1) is 0 Å². The fraction of sp³-hybridized carbons (Fsp3) is 0.125. The van der Waals surface area contributed by atoms with Crippen LogP contribution in [0.15, 0.2) is 42.7 Å². The number of anilines is 2. The number of ether oxygens (including phenoxy) is 1. The maximum Gasteiger partial charge on any atom is 0.416 e. The van der Waals surface area contributed by atoms with E-state index < -0.39 is 22.4 Å². The van der Waals surface area contributed by atoms with Crippen LogP contribution in [0.3, 0.4) is 0 Å².